The van der Waals surface area contributed by atoms with Crippen molar-refractivity contribution in [1.82, 2.24) is 0 Å². The third-order valence-corrected chi connectivity index (χ3v) is 12.6. The Bertz CT molecular complexity index is 1170. The van der Waals surface area contributed by atoms with E-state index < -0.39 is 19.4 Å². The first-order chi connectivity index (χ1) is 19.9. The van der Waals surface area contributed by atoms with E-state index in [-0.39, 0.29) is 24.0 Å². The van der Waals surface area contributed by atoms with Crippen LogP contribution in [0.15, 0.2) is 52.3 Å². The highest BCUT2D eigenvalue weighted by molar-refractivity contribution is 9.10. The van der Waals surface area contributed by atoms with Crippen LogP contribution < -0.4 is 0 Å². The van der Waals surface area contributed by atoms with Crippen LogP contribution in [0, 0.1) is 35.5 Å². The third kappa shape index (κ3) is 8.91. The van der Waals surface area contributed by atoms with Gasteiger partial charge in [-0.25, -0.2) is 4.79 Å². The summed E-state index contributed by atoms with van der Waals surface area (Å²) in [4.78, 5) is 14.3. The summed E-state index contributed by atoms with van der Waals surface area (Å²) < 4.78 is 36.1. The largest absolute Gasteiger partial charge is 0.441 e. The van der Waals surface area contributed by atoms with Crippen LogP contribution in [0.5, 0.6) is 0 Å². The van der Waals surface area contributed by atoms with Gasteiger partial charge in [-0.05, 0) is 90.8 Å². The molecule has 1 aromatic carbocycles. The Balaban J connectivity index is 1.75. The molecule has 0 N–H and O–H groups in total. The molecule has 4 rings (SSSR count). The molecule has 0 bridgehead atoms. The maximum Gasteiger partial charge on any atom is 0.376 e. The molecular weight excluding hydrogens is 631 g/mol. The number of hydrogen-bond acceptors (Lipinski definition) is 6. The normalized spacial score (nSPS) is 29.1. The van der Waals surface area contributed by atoms with Crippen molar-refractivity contribution in [2.24, 2.45) is 35.5 Å². The van der Waals surface area contributed by atoms with Gasteiger partial charge in [-0.2, -0.15) is 0 Å². The Morgan fingerprint density at radius 1 is 0.905 bits per heavy atom. The molecule has 7 unspecified atom stereocenters. The lowest BCUT2D eigenvalue weighted by Gasteiger charge is -2.43. The molecule has 0 saturated heterocycles. The predicted molar refractivity (Wildman–Crippen MR) is 176 cm³/mol. The van der Waals surface area contributed by atoms with Crippen molar-refractivity contribution < 1.29 is 23.1 Å². The zero-order chi connectivity index (χ0) is 30.4. The molecule has 2 aromatic rings. The molecule has 2 fully saturated rings. The zero-order valence-electron chi connectivity index (χ0n) is 25.9. The number of rotatable bonds is 11. The maximum atomic E-state index is 15.5. The minimum atomic E-state index is -4.04. The van der Waals surface area contributed by atoms with Gasteiger partial charge in [-0.3, -0.25) is 4.57 Å². The Labute approximate surface area is 265 Å². The van der Waals surface area contributed by atoms with Gasteiger partial charge in [0.05, 0.1) is 12.2 Å². The molecule has 0 aliphatic heterocycles. The van der Waals surface area contributed by atoms with Crippen molar-refractivity contribution in [1.29, 1.82) is 0 Å². The first kappa shape index (κ1) is 33.6. The van der Waals surface area contributed by atoms with Gasteiger partial charge in [0.15, 0.2) is 0 Å². The summed E-state index contributed by atoms with van der Waals surface area (Å²) in [6.07, 6.45) is 8.57. The van der Waals surface area contributed by atoms with Crippen molar-refractivity contribution in [3.63, 3.8) is 0 Å². The first-order valence-corrected chi connectivity index (χ1v) is 18.9. The van der Waals surface area contributed by atoms with E-state index in [2.05, 4.69) is 57.5 Å². The van der Waals surface area contributed by atoms with Gasteiger partial charge >= 0.3 is 13.6 Å². The summed E-state index contributed by atoms with van der Waals surface area (Å²) in [5.41, 5.74) is 0.606. The van der Waals surface area contributed by atoms with Gasteiger partial charge in [0.25, 0.3) is 0 Å². The van der Waals surface area contributed by atoms with Crippen LogP contribution in [0.3, 0.4) is 0 Å². The molecule has 8 heteroatoms. The minimum absolute atomic E-state index is 0.239. The molecule has 42 heavy (non-hydrogen) atoms. The number of thiophene rings is 1. The van der Waals surface area contributed by atoms with E-state index in [1.165, 1.54) is 17.4 Å². The van der Waals surface area contributed by atoms with Crippen LogP contribution in [0.4, 0.5) is 0 Å². The minimum Gasteiger partial charge on any atom is -0.441 e. The van der Waals surface area contributed by atoms with E-state index in [1.54, 1.807) is 6.08 Å². The molecule has 1 aromatic heterocycles. The summed E-state index contributed by atoms with van der Waals surface area (Å²) >= 11 is 5.05. The number of benzene rings is 1. The molecule has 1 heterocycles. The highest BCUT2D eigenvalue weighted by Crippen LogP contribution is 2.66. The van der Waals surface area contributed by atoms with E-state index in [1.807, 2.05) is 41.8 Å². The molecule has 5 nitrogen and oxygen atoms in total. The van der Waals surface area contributed by atoms with E-state index in [4.69, 9.17) is 13.8 Å². The summed E-state index contributed by atoms with van der Waals surface area (Å²) in [7, 11) is -4.04. The van der Waals surface area contributed by atoms with E-state index in [9.17, 15) is 4.79 Å². The molecule has 7 atom stereocenters. The van der Waals surface area contributed by atoms with E-state index >= 15 is 4.57 Å². The topological polar surface area (TPSA) is 61.8 Å². The van der Waals surface area contributed by atoms with Crippen LogP contribution in [-0.4, -0.2) is 18.2 Å². The Hall–Kier alpha value is -1.24. The maximum absolute atomic E-state index is 15.5. The fraction of sp³-hybridized carbons (Fsp3) is 0.618. The Kier molecular flexibility index (Phi) is 12.1. The summed E-state index contributed by atoms with van der Waals surface area (Å²) in [5, 5.41) is 1.96. The Morgan fingerprint density at radius 3 is 1.93 bits per heavy atom. The SMILES string of the molecule is CC1CCC(C(C)C)C(OP(=O)(OC2CC(C)CCC2C(C)C)C(OC(=O)C=Cc2cccs2)c2ccc(Br)cc2)C1. The van der Waals surface area contributed by atoms with Crippen LogP contribution in [0.2, 0.25) is 0 Å². The van der Waals surface area contributed by atoms with E-state index in [0.717, 1.165) is 47.9 Å². The zero-order valence-corrected chi connectivity index (χ0v) is 29.2. The number of carbonyl (C=O) groups is 1. The standard InChI is InChI=1S/C34H48BrO5PS/c1-22(2)29-16-9-24(5)20-31(29)39-41(37,40-32-21-25(6)10-17-30(32)23(3)4)34(26-11-13-27(35)14-12-26)38-33(36)18-15-28-8-7-19-42-28/h7-8,11-15,18-19,22-25,29-32,34H,9-10,16-17,20-21H2,1-6H3. The molecule has 0 amide bonds. The summed E-state index contributed by atoms with van der Waals surface area (Å²) in [6, 6.07) is 11.3. The van der Waals surface area contributed by atoms with Crippen molar-refractivity contribution in [2.75, 3.05) is 0 Å². The Morgan fingerprint density at radius 2 is 1.45 bits per heavy atom. The predicted octanol–water partition coefficient (Wildman–Crippen LogP) is 10.9. The highest BCUT2D eigenvalue weighted by atomic mass is 79.9. The number of hydrogen-bond donors (Lipinski definition) is 0. The number of esters is 1. The average Bonchev–Trinajstić information content (AvgIpc) is 3.45. The number of halogens is 1. The van der Waals surface area contributed by atoms with Gasteiger partial charge in [-0.1, -0.05) is 88.5 Å². The fourth-order valence-corrected chi connectivity index (χ4v) is 9.78. The molecule has 2 aliphatic rings. The highest BCUT2D eigenvalue weighted by Gasteiger charge is 2.48. The van der Waals surface area contributed by atoms with Gasteiger partial charge in [-0.15, -0.1) is 11.3 Å². The molecule has 0 spiro atoms. The smallest absolute Gasteiger partial charge is 0.376 e. The van der Waals surface area contributed by atoms with Gasteiger partial charge in [0, 0.05) is 21.0 Å². The first-order valence-electron chi connectivity index (χ1n) is 15.6. The third-order valence-electron chi connectivity index (χ3n) is 9.08. The molecular formula is C34H48BrO5PS. The average molecular weight is 680 g/mol. The van der Waals surface area contributed by atoms with Crippen LogP contribution >= 0.6 is 34.9 Å². The fourth-order valence-electron chi connectivity index (χ4n) is 6.61. The molecule has 232 valence electrons. The number of carbonyl (C=O) groups excluding carboxylic acids is 1. The molecule has 2 aliphatic carbocycles. The second kappa shape index (κ2) is 15.2. The van der Waals surface area contributed by atoms with Gasteiger partial charge in [0.2, 0.25) is 5.85 Å². The quantitative estimate of drug-likeness (QED) is 0.134. The molecule has 0 radical (unpaired) electrons. The van der Waals surface area contributed by atoms with E-state index in [0.29, 0.717) is 29.2 Å². The lowest BCUT2D eigenvalue weighted by atomic mass is 9.75. The van der Waals surface area contributed by atoms with Crippen LogP contribution in [0.1, 0.15) is 96.4 Å². The second-order valence-electron chi connectivity index (χ2n) is 13.2. The van der Waals surface area contributed by atoms with Crippen molar-refractivity contribution in [3.8, 4) is 0 Å². The van der Waals surface area contributed by atoms with Crippen LogP contribution in [0.25, 0.3) is 6.08 Å². The lowest BCUT2D eigenvalue weighted by Crippen LogP contribution is -2.37. The van der Waals surface area contributed by atoms with Crippen molar-refractivity contribution >= 4 is 46.9 Å². The number of ether oxygens (including phenoxy) is 1. The summed E-state index contributed by atoms with van der Waals surface area (Å²) in [6.45, 7) is 13.3. The summed E-state index contributed by atoms with van der Waals surface area (Å²) in [5.74, 6) is 0.416. The lowest BCUT2D eigenvalue weighted by molar-refractivity contribution is -0.141. The monoisotopic (exact) mass is 678 g/mol. The molecule has 2 saturated carbocycles. The second-order valence-corrected chi connectivity index (χ2v) is 17.0. The van der Waals surface area contributed by atoms with Crippen LogP contribution in [-0.2, 0) is 23.1 Å². The van der Waals surface area contributed by atoms with Gasteiger partial charge < -0.3 is 13.8 Å². The van der Waals surface area contributed by atoms with Gasteiger partial charge in [0.1, 0.15) is 0 Å². The van der Waals surface area contributed by atoms with Crippen molar-refractivity contribution in [2.45, 2.75) is 98.1 Å². The van der Waals surface area contributed by atoms with Crippen molar-refractivity contribution in [3.05, 3.63) is 62.8 Å².